The molecule has 6 heteroatoms. The number of carbonyl (C=O) groups is 2. The zero-order chi connectivity index (χ0) is 18.5. The zero-order valence-electron chi connectivity index (χ0n) is 15.1. The van der Waals surface area contributed by atoms with Crippen LogP contribution in [-0.4, -0.2) is 58.4 Å². The van der Waals surface area contributed by atoms with Crippen molar-refractivity contribution in [2.45, 2.75) is 25.8 Å². The number of hydrogen-bond acceptors (Lipinski definition) is 4. The van der Waals surface area contributed by atoms with E-state index in [1.165, 1.54) is 5.56 Å². The van der Waals surface area contributed by atoms with Crippen molar-refractivity contribution in [3.8, 4) is 0 Å². The van der Waals surface area contributed by atoms with Gasteiger partial charge >= 0.3 is 5.97 Å². The molecule has 3 rings (SSSR count). The largest absolute Gasteiger partial charge is 0.481 e. The number of carbonyl (C=O) groups excluding carboxylic acids is 1. The summed E-state index contributed by atoms with van der Waals surface area (Å²) in [6.45, 7) is 2.54. The Kier molecular flexibility index (Phi) is 5.83. The van der Waals surface area contributed by atoms with Crippen molar-refractivity contribution in [1.82, 2.24) is 14.8 Å². The lowest BCUT2D eigenvalue weighted by Crippen LogP contribution is -2.41. The molecule has 1 aromatic carbocycles. The zero-order valence-corrected chi connectivity index (χ0v) is 15.1. The normalized spacial score (nSPS) is 15.5. The first kappa shape index (κ1) is 18.3. The van der Waals surface area contributed by atoms with Gasteiger partial charge in [0.05, 0.1) is 11.4 Å². The van der Waals surface area contributed by atoms with Crippen LogP contribution in [0.25, 0.3) is 10.9 Å². The molecule has 1 aromatic heterocycles. The van der Waals surface area contributed by atoms with Gasteiger partial charge in [-0.1, -0.05) is 18.2 Å². The van der Waals surface area contributed by atoms with E-state index in [1.807, 2.05) is 25.2 Å². The number of likely N-dealkylation sites (tertiary alicyclic amines) is 1. The van der Waals surface area contributed by atoms with E-state index in [9.17, 15) is 9.59 Å². The van der Waals surface area contributed by atoms with Crippen molar-refractivity contribution in [3.05, 3.63) is 42.1 Å². The van der Waals surface area contributed by atoms with Gasteiger partial charge < -0.3 is 14.9 Å². The molecule has 0 aliphatic carbocycles. The molecule has 1 fully saturated rings. The van der Waals surface area contributed by atoms with Gasteiger partial charge in [-0.05, 0) is 37.6 Å². The van der Waals surface area contributed by atoms with Crippen LogP contribution in [0.4, 0.5) is 0 Å². The number of hydrogen-bond donors (Lipinski definition) is 1. The molecule has 1 N–H and O–H groups in total. The number of rotatable bonds is 6. The van der Waals surface area contributed by atoms with Gasteiger partial charge in [0.1, 0.15) is 0 Å². The maximum Gasteiger partial charge on any atom is 0.306 e. The number of amides is 1. The number of benzene rings is 1. The van der Waals surface area contributed by atoms with Crippen LogP contribution in [-0.2, 0) is 16.1 Å². The Bertz CT molecular complexity index is 779. The molecule has 0 unspecified atom stereocenters. The van der Waals surface area contributed by atoms with Gasteiger partial charge in [0.15, 0.2) is 0 Å². The predicted octanol–water partition coefficient (Wildman–Crippen LogP) is 2.38. The Labute approximate surface area is 153 Å². The van der Waals surface area contributed by atoms with Crippen molar-refractivity contribution in [3.63, 3.8) is 0 Å². The molecule has 2 aromatic rings. The third kappa shape index (κ3) is 4.38. The first-order valence-electron chi connectivity index (χ1n) is 9.06. The van der Waals surface area contributed by atoms with E-state index in [0.717, 1.165) is 17.4 Å². The summed E-state index contributed by atoms with van der Waals surface area (Å²) < 4.78 is 0. The van der Waals surface area contributed by atoms with E-state index in [0.29, 0.717) is 38.9 Å². The number of pyridine rings is 1. The van der Waals surface area contributed by atoms with Crippen LogP contribution in [0.15, 0.2) is 36.5 Å². The summed E-state index contributed by atoms with van der Waals surface area (Å²) in [5.74, 6) is -0.941. The van der Waals surface area contributed by atoms with Crippen LogP contribution >= 0.6 is 0 Å². The first-order valence-corrected chi connectivity index (χ1v) is 9.06. The molecule has 0 bridgehead atoms. The number of aromatic nitrogens is 1. The van der Waals surface area contributed by atoms with Crippen molar-refractivity contribution < 1.29 is 14.7 Å². The molecule has 1 aliphatic heterocycles. The van der Waals surface area contributed by atoms with E-state index in [-0.39, 0.29) is 11.8 Å². The lowest BCUT2D eigenvalue weighted by molar-refractivity contribution is -0.145. The van der Waals surface area contributed by atoms with Gasteiger partial charge in [0.25, 0.3) is 0 Å². The highest BCUT2D eigenvalue weighted by molar-refractivity contribution is 5.82. The summed E-state index contributed by atoms with van der Waals surface area (Å²) >= 11 is 0. The van der Waals surface area contributed by atoms with Crippen LogP contribution in [0.2, 0.25) is 0 Å². The second-order valence-electron chi connectivity index (χ2n) is 6.97. The monoisotopic (exact) mass is 355 g/mol. The van der Waals surface area contributed by atoms with Gasteiger partial charge in [-0.2, -0.15) is 0 Å². The van der Waals surface area contributed by atoms with Gasteiger partial charge in [-0.15, -0.1) is 0 Å². The smallest absolute Gasteiger partial charge is 0.306 e. The number of carboxylic acids is 1. The van der Waals surface area contributed by atoms with Crippen molar-refractivity contribution in [2.24, 2.45) is 5.92 Å². The van der Waals surface area contributed by atoms with Crippen LogP contribution in [0, 0.1) is 5.92 Å². The van der Waals surface area contributed by atoms with Crippen molar-refractivity contribution in [1.29, 1.82) is 0 Å². The lowest BCUT2D eigenvalue weighted by atomic mass is 9.97. The van der Waals surface area contributed by atoms with Gasteiger partial charge in [0, 0.05) is 44.2 Å². The molecule has 0 saturated carbocycles. The molecule has 1 aliphatic rings. The minimum absolute atomic E-state index is 0.111. The Morgan fingerprint density at radius 3 is 2.73 bits per heavy atom. The maximum atomic E-state index is 12.4. The Balaban J connectivity index is 1.50. The predicted molar refractivity (Wildman–Crippen MR) is 99.6 cm³/mol. The molecule has 26 heavy (non-hydrogen) atoms. The van der Waals surface area contributed by atoms with Crippen molar-refractivity contribution in [2.75, 3.05) is 26.7 Å². The molecule has 2 heterocycles. The summed E-state index contributed by atoms with van der Waals surface area (Å²) in [5.41, 5.74) is 2.18. The third-order valence-electron chi connectivity index (χ3n) is 5.08. The van der Waals surface area contributed by atoms with Gasteiger partial charge in [-0.3, -0.25) is 14.6 Å². The average Bonchev–Trinajstić information content (AvgIpc) is 2.66. The second kappa shape index (κ2) is 8.27. The summed E-state index contributed by atoms with van der Waals surface area (Å²) in [5, 5.41) is 10.2. The highest BCUT2D eigenvalue weighted by atomic mass is 16.4. The fourth-order valence-corrected chi connectivity index (χ4v) is 3.50. The third-order valence-corrected chi connectivity index (χ3v) is 5.08. The quantitative estimate of drug-likeness (QED) is 0.861. The SMILES string of the molecule is CN(CCC(=O)N1CCC(C(=O)O)CC1)Cc1cccc2ncccc12. The number of fused-ring (bicyclic) bond motifs is 1. The molecule has 138 valence electrons. The van der Waals surface area contributed by atoms with Gasteiger partial charge in [0.2, 0.25) is 5.91 Å². The molecular formula is C20H25N3O3. The molecule has 1 saturated heterocycles. The fourth-order valence-electron chi connectivity index (χ4n) is 3.50. The van der Waals surface area contributed by atoms with E-state index >= 15 is 0 Å². The minimum Gasteiger partial charge on any atom is -0.481 e. The lowest BCUT2D eigenvalue weighted by Gasteiger charge is -2.30. The number of nitrogens with zero attached hydrogens (tertiary/aromatic N) is 3. The average molecular weight is 355 g/mol. The number of piperidine rings is 1. The summed E-state index contributed by atoms with van der Waals surface area (Å²) in [4.78, 5) is 31.7. The van der Waals surface area contributed by atoms with E-state index in [2.05, 4.69) is 22.0 Å². The second-order valence-corrected chi connectivity index (χ2v) is 6.97. The summed E-state index contributed by atoms with van der Waals surface area (Å²) in [6, 6.07) is 10.1. The van der Waals surface area contributed by atoms with Crippen molar-refractivity contribution >= 4 is 22.8 Å². The molecule has 0 atom stereocenters. The van der Waals surface area contributed by atoms with Crippen LogP contribution in [0.5, 0.6) is 0 Å². The number of carboxylic acid groups (broad SMARTS) is 1. The van der Waals surface area contributed by atoms with Crippen LogP contribution < -0.4 is 0 Å². The van der Waals surface area contributed by atoms with Gasteiger partial charge in [-0.25, -0.2) is 0 Å². The topological polar surface area (TPSA) is 73.7 Å². The van der Waals surface area contributed by atoms with E-state index in [4.69, 9.17) is 5.11 Å². The molecule has 6 nitrogen and oxygen atoms in total. The van der Waals surface area contributed by atoms with Crippen LogP contribution in [0.3, 0.4) is 0 Å². The Hall–Kier alpha value is -2.47. The summed E-state index contributed by atoms with van der Waals surface area (Å²) in [6.07, 6.45) is 3.36. The molecule has 0 radical (unpaired) electrons. The van der Waals surface area contributed by atoms with E-state index in [1.54, 1.807) is 11.1 Å². The Morgan fingerprint density at radius 1 is 1.23 bits per heavy atom. The Morgan fingerprint density at radius 2 is 2.00 bits per heavy atom. The molecule has 0 spiro atoms. The minimum atomic E-state index is -0.749. The fraction of sp³-hybridized carbons (Fsp3) is 0.450. The first-order chi connectivity index (χ1) is 12.5. The maximum absolute atomic E-state index is 12.4. The molecular weight excluding hydrogens is 330 g/mol. The molecule has 1 amide bonds. The summed E-state index contributed by atoms with van der Waals surface area (Å²) in [7, 11) is 2.01. The standard InChI is InChI=1S/C20H25N3O3/c1-22(14-16-4-2-6-18-17(16)5-3-10-21-18)11-9-19(24)23-12-7-15(8-13-23)20(25)26/h2-6,10,15H,7-9,11-14H2,1H3,(H,25,26). The highest BCUT2D eigenvalue weighted by Crippen LogP contribution is 2.19. The highest BCUT2D eigenvalue weighted by Gasteiger charge is 2.26. The van der Waals surface area contributed by atoms with E-state index < -0.39 is 5.97 Å². The number of aliphatic carboxylic acids is 1. The van der Waals surface area contributed by atoms with Crippen LogP contribution in [0.1, 0.15) is 24.8 Å².